The molecule has 0 fully saturated rings. The van der Waals surface area contributed by atoms with E-state index in [0.717, 1.165) is 22.1 Å². The van der Waals surface area contributed by atoms with E-state index in [0.29, 0.717) is 6.54 Å². The van der Waals surface area contributed by atoms with Crippen LogP contribution in [-0.2, 0) is 10.5 Å². The second-order valence-electron chi connectivity index (χ2n) is 5.15. The minimum absolute atomic E-state index is 0.0980. The zero-order chi connectivity index (χ0) is 13.6. The second-order valence-corrected chi connectivity index (χ2v) is 6.66. The lowest BCUT2D eigenvalue weighted by Gasteiger charge is -2.17. The van der Waals surface area contributed by atoms with Crippen molar-refractivity contribution in [2.75, 3.05) is 12.3 Å². The molecule has 0 aliphatic carbocycles. The van der Waals surface area contributed by atoms with Gasteiger partial charge < -0.3 is 5.32 Å². The highest BCUT2D eigenvalue weighted by Crippen LogP contribution is 2.20. The topological polar surface area (TPSA) is 29.1 Å². The molecular weight excluding hydrogens is 266 g/mol. The number of benzene rings is 1. The van der Waals surface area contributed by atoms with Crippen LogP contribution in [0.25, 0.3) is 0 Å². The van der Waals surface area contributed by atoms with Gasteiger partial charge in [-0.15, -0.1) is 0 Å². The number of thioether (sulfide) groups is 1. The highest BCUT2D eigenvalue weighted by Gasteiger charge is 2.20. The fourth-order valence-electron chi connectivity index (χ4n) is 1.30. The van der Waals surface area contributed by atoms with Gasteiger partial charge in [0.25, 0.3) is 0 Å². The molecule has 0 unspecified atom stereocenters. The van der Waals surface area contributed by atoms with Gasteiger partial charge >= 0.3 is 0 Å². The van der Waals surface area contributed by atoms with E-state index in [9.17, 15) is 4.79 Å². The Morgan fingerprint density at radius 2 is 2.00 bits per heavy atom. The number of amides is 1. The fraction of sp³-hybridized carbons (Fsp3) is 0.500. The monoisotopic (exact) mass is 285 g/mol. The number of hydrogen-bond acceptors (Lipinski definition) is 2. The van der Waals surface area contributed by atoms with E-state index in [1.807, 2.05) is 45.0 Å². The molecule has 0 aliphatic heterocycles. The minimum atomic E-state index is -0.312. The highest BCUT2D eigenvalue weighted by atomic mass is 35.5. The molecule has 1 amide bonds. The Morgan fingerprint density at radius 1 is 1.33 bits per heavy atom. The third-order valence-corrected chi connectivity index (χ3v) is 3.81. The summed E-state index contributed by atoms with van der Waals surface area (Å²) in [5.41, 5.74) is 0.833. The van der Waals surface area contributed by atoms with E-state index >= 15 is 0 Å². The van der Waals surface area contributed by atoms with Crippen LogP contribution in [0.4, 0.5) is 0 Å². The normalized spacial score (nSPS) is 11.3. The standard InChI is InChI=1S/C14H20ClNOS/c1-14(2,3)13(17)16-8-9-18-10-11-6-4-5-7-12(11)15/h4-7H,8-10H2,1-3H3,(H,16,17). The predicted octanol–water partition coefficient (Wildman–Crippen LogP) is 3.74. The molecule has 100 valence electrons. The van der Waals surface area contributed by atoms with E-state index in [-0.39, 0.29) is 11.3 Å². The quantitative estimate of drug-likeness (QED) is 0.835. The van der Waals surface area contributed by atoms with Gasteiger partial charge in [-0.2, -0.15) is 11.8 Å². The first kappa shape index (κ1) is 15.4. The van der Waals surface area contributed by atoms with Crippen molar-refractivity contribution in [2.45, 2.75) is 26.5 Å². The summed E-state index contributed by atoms with van der Waals surface area (Å²) in [6.45, 7) is 6.45. The van der Waals surface area contributed by atoms with Gasteiger partial charge in [-0.3, -0.25) is 4.79 Å². The van der Waals surface area contributed by atoms with Crippen molar-refractivity contribution < 1.29 is 4.79 Å². The summed E-state index contributed by atoms with van der Waals surface area (Å²) < 4.78 is 0. The Hall–Kier alpha value is -0.670. The fourth-order valence-corrected chi connectivity index (χ4v) is 2.44. The molecule has 1 rings (SSSR count). The average molecular weight is 286 g/mol. The summed E-state index contributed by atoms with van der Waals surface area (Å²) in [5.74, 6) is 1.87. The molecule has 2 nitrogen and oxygen atoms in total. The number of halogens is 1. The van der Waals surface area contributed by atoms with Crippen molar-refractivity contribution >= 4 is 29.3 Å². The summed E-state index contributed by atoms with van der Waals surface area (Å²) in [4.78, 5) is 11.6. The van der Waals surface area contributed by atoms with Crippen LogP contribution >= 0.6 is 23.4 Å². The SMILES string of the molecule is CC(C)(C)C(=O)NCCSCc1ccccc1Cl. The molecule has 0 aromatic heterocycles. The second kappa shape index (κ2) is 7.05. The van der Waals surface area contributed by atoms with Crippen LogP contribution in [0, 0.1) is 5.41 Å². The summed E-state index contributed by atoms with van der Waals surface area (Å²) in [7, 11) is 0. The third kappa shape index (κ3) is 5.32. The molecule has 0 saturated heterocycles. The van der Waals surface area contributed by atoms with Gasteiger partial charge in [-0.25, -0.2) is 0 Å². The summed E-state index contributed by atoms with van der Waals surface area (Å²) >= 11 is 7.84. The first-order valence-electron chi connectivity index (χ1n) is 6.00. The summed E-state index contributed by atoms with van der Waals surface area (Å²) in [6.07, 6.45) is 0. The summed E-state index contributed by atoms with van der Waals surface area (Å²) in [5, 5.41) is 3.74. The first-order chi connectivity index (χ1) is 8.41. The molecule has 0 heterocycles. The zero-order valence-corrected chi connectivity index (χ0v) is 12.7. The molecule has 0 radical (unpaired) electrons. The highest BCUT2D eigenvalue weighted by molar-refractivity contribution is 7.98. The van der Waals surface area contributed by atoms with Crippen LogP contribution in [0.15, 0.2) is 24.3 Å². The van der Waals surface area contributed by atoms with Gasteiger partial charge in [0.2, 0.25) is 5.91 Å². The lowest BCUT2D eigenvalue weighted by Crippen LogP contribution is -2.36. The lowest BCUT2D eigenvalue weighted by molar-refractivity contribution is -0.128. The van der Waals surface area contributed by atoms with E-state index in [4.69, 9.17) is 11.6 Å². The van der Waals surface area contributed by atoms with Gasteiger partial charge in [-0.1, -0.05) is 50.6 Å². The number of rotatable bonds is 5. The van der Waals surface area contributed by atoms with Crippen molar-refractivity contribution in [2.24, 2.45) is 5.41 Å². The molecule has 4 heteroatoms. The molecule has 1 aromatic rings. The molecule has 1 N–H and O–H groups in total. The van der Waals surface area contributed by atoms with Gasteiger partial charge in [0.1, 0.15) is 0 Å². The van der Waals surface area contributed by atoms with Gasteiger partial charge in [0, 0.05) is 28.5 Å². The Morgan fingerprint density at radius 3 is 2.61 bits per heavy atom. The zero-order valence-electron chi connectivity index (χ0n) is 11.1. The predicted molar refractivity (Wildman–Crippen MR) is 80.1 cm³/mol. The van der Waals surface area contributed by atoms with Crippen molar-refractivity contribution in [1.82, 2.24) is 5.32 Å². The van der Waals surface area contributed by atoms with E-state index in [1.165, 1.54) is 0 Å². The molecule has 0 aliphatic rings. The molecule has 0 atom stereocenters. The van der Waals surface area contributed by atoms with Crippen LogP contribution < -0.4 is 5.32 Å². The molecule has 0 saturated carbocycles. The Bertz CT molecular complexity index is 401. The Kier molecular flexibility index (Phi) is 6.03. The van der Waals surface area contributed by atoms with E-state index in [1.54, 1.807) is 11.8 Å². The van der Waals surface area contributed by atoms with Crippen LogP contribution in [0.3, 0.4) is 0 Å². The lowest BCUT2D eigenvalue weighted by atomic mass is 9.96. The van der Waals surface area contributed by atoms with Gasteiger partial charge in [-0.05, 0) is 11.6 Å². The maximum Gasteiger partial charge on any atom is 0.225 e. The number of hydrogen-bond donors (Lipinski definition) is 1. The summed E-state index contributed by atoms with van der Waals surface area (Å²) in [6, 6.07) is 7.85. The van der Waals surface area contributed by atoms with E-state index in [2.05, 4.69) is 5.32 Å². The molecule has 18 heavy (non-hydrogen) atoms. The number of carbonyl (C=O) groups is 1. The molecule has 0 bridgehead atoms. The van der Waals surface area contributed by atoms with Crippen LogP contribution in [0.5, 0.6) is 0 Å². The first-order valence-corrected chi connectivity index (χ1v) is 7.54. The molecular formula is C14H20ClNOS. The van der Waals surface area contributed by atoms with Crippen LogP contribution in [0.1, 0.15) is 26.3 Å². The molecule has 1 aromatic carbocycles. The van der Waals surface area contributed by atoms with Gasteiger partial charge in [0.15, 0.2) is 0 Å². The smallest absolute Gasteiger partial charge is 0.225 e. The van der Waals surface area contributed by atoms with Crippen molar-refractivity contribution in [3.05, 3.63) is 34.9 Å². The number of nitrogens with one attached hydrogen (secondary N) is 1. The van der Waals surface area contributed by atoms with E-state index < -0.39 is 0 Å². The van der Waals surface area contributed by atoms with Crippen LogP contribution in [0.2, 0.25) is 5.02 Å². The Labute approximate surface area is 118 Å². The average Bonchev–Trinajstić information content (AvgIpc) is 2.29. The van der Waals surface area contributed by atoms with Crippen LogP contribution in [-0.4, -0.2) is 18.2 Å². The minimum Gasteiger partial charge on any atom is -0.355 e. The van der Waals surface area contributed by atoms with Gasteiger partial charge in [0.05, 0.1) is 0 Å². The maximum absolute atomic E-state index is 11.6. The largest absolute Gasteiger partial charge is 0.355 e. The van der Waals surface area contributed by atoms with Crippen molar-refractivity contribution in [3.8, 4) is 0 Å². The number of carbonyl (C=O) groups excluding carboxylic acids is 1. The van der Waals surface area contributed by atoms with Crippen molar-refractivity contribution in [3.63, 3.8) is 0 Å². The van der Waals surface area contributed by atoms with Crippen molar-refractivity contribution in [1.29, 1.82) is 0 Å². The third-order valence-electron chi connectivity index (χ3n) is 2.43. The Balaban J connectivity index is 2.20. The molecule has 0 spiro atoms. The maximum atomic E-state index is 11.6.